The van der Waals surface area contributed by atoms with Crippen LogP contribution in [-0.2, 0) is 4.79 Å². The molecule has 120 valence electrons. The third kappa shape index (κ3) is 4.79. The molecule has 1 atom stereocenters. The second kappa shape index (κ2) is 7.74. The molecule has 0 saturated carbocycles. The van der Waals surface area contributed by atoms with Gasteiger partial charge in [-0.1, -0.05) is 0 Å². The standard InChI is InChI=1S/C18H21N3O2/c22-18(6-1-14-7-10-20-13-14)21-15-2-4-16(5-3-15)23-17-8-11-19-12-9-17/h2-5,8-9,11-12,14,20H,1,6-7,10,13H2,(H,21,22). The fourth-order valence-corrected chi connectivity index (χ4v) is 2.67. The van der Waals surface area contributed by atoms with E-state index < -0.39 is 0 Å². The van der Waals surface area contributed by atoms with Crippen molar-refractivity contribution >= 4 is 11.6 Å². The molecule has 5 nitrogen and oxygen atoms in total. The minimum absolute atomic E-state index is 0.0692. The fourth-order valence-electron chi connectivity index (χ4n) is 2.67. The molecule has 1 aliphatic heterocycles. The summed E-state index contributed by atoms with van der Waals surface area (Å²) >= 11 is 0. The van der Waals surface area contributed by atoms with Gasteiger partial charge in [0.05, 0.1) is 0 Å². The molecule has 23 heavy (non-hydrogen) atoms. The van der Waals surface area contributed by atoms with E-state index in [9.17, 15) is 4.79 Å². The Kier molecular flexibility index (Phi) is 5.21. The van der Waals surface area contributed by atoms with E-state index in [-0.39, 0.29) is 5.91 Å². The Hall–Kier alpha value is -2.40. The SMILES string of the molecule is O=C(CCC1CCNC1)Nc1ccc(Oc2ccncc2)cc1. The average Bonchev–Trinajstić information content (AvgIpc) is 3.09. The molecule has 0 aliphatic carbocycles. The number of ether oxygens (including phenoxy) is 1. The third-order valence-corrected chi connectivity index (χ3v) is 3.97. The number of pyridine rings is 1. The Morgan fingerprint density at radius 1 is 1.17 bits per heavy atom. The highest BCUT2D eigenvalue weighted by Gasteiger charge is 2.15. The van der Waals surface area contributed by atoms with Crippen LogP contribution in [0.15, 0.2) is 48.8 Å². The van der Waals surface area contributed by atoms with Crippen LogP contribution in [-0.4, -0.2) is 24.0 Å². The Morgan fingerprint density at radius 3 is 2.61 bits per heavy atom. The van der Waals surface area contributed by atoms with Crippen molar-refractivity contribution in [3.63, 3.8) is 0 Å². The molecular weight excluding hydrogens is 290 g/mol. The van der Waals surface area contributed by atoms with Gasteiger partial charge in [0.2, 0.25) is 5.91 Å². The highest BCUT2D eigenvalue weighted by molar-refractivity contribution is 5.90. The van der Waals surface area contributed by atoms with Crippen LogP contribution < -0.4 is 15.4 Å². The summed E-state index contributed by atoms with van der Waals surface area (Å²) in [5.74, 6) is 2.17. The van der Waals surface area contributed by atoms with Gasteiger partial charge in [0.25, 0.3) is 0 Å². The predicted octanol–water partition coefficient (Wildman–Crippen LogP) is 3.20. The zero-order valence-electron chi connectivity index (χ0n) is 13.0. The highest BCUT2D eigenvalue weighted by atomic mass is 16.5. The van der Waals surface area contributed by atoms with Gasteiger partial charge in [-0.2, -0.15) is 0 Å². The quantitative estimate of drug-likeness (QED) is 0.860. The Bertz CT molecular complexity index is 622. The van der Waals surface area contributed by atoms with Crippen LogP contribution in [0.4, 0.5) is 5.69 Å². The van der Waals surface area contributed by atoms with E-state index in [1.165, 1.54) is 6.42 Å². The number of carbonyl (C=O) groups is 1. The van der Waals surface area contributed by atoms with E-state index in [2.05, 4.69) is 15.6 Å². The summed E-state index contributed by atoms with van der Waals surface area (Å²) in [7, 11) is 0. The monoisotopic (exact) mass is 311 g/mol. The molecule has 5 heteroatoms. The van der Waals surface area contributed by atoms with E-state index in [4.69, 9.17) is 4.74 Å². The van der Waals surface area contributed by atoms with Gasteiger partial charge in [-0.3, -0.25) is 9.78 Å². The number of carbonyl (C=O) groups excluding carboxylic acids is 1. The van der Waals surface area contributed by atoms with Gasteiger partial charge in [0.15, 0.2) is 0 Å². The number of hydrogen-bond acceptors (Lipinski definition) is 4. The highest BCUT2D eigenvalue weighted by Crippen LogP contribution is 2.22. The summed E-state index contributed by atoms with van der Waals surface area (Å²) in [6.07, 6.45) is 6.06. The maximum atomic E-state index is 12.0. The van der Waals surface area contributed by atoms with Gasteiger partial charge >= 0.3 is 0 Å². The number of anilines is 1. The van der Waals surface area contributed by atoms with Crippen molar-refractivity contribution in [1.82, 2.24) is 10.3 Å². The lowest BCUT2D eigenvalue weighted by Crippen LogP contribution is -2.14. The maximum absolute atomic E-state index is 12.0. The lowest BCUT2D eigenvalue weighted by Gasteiger charge is -2.10. The number of amides is 1. The summed E-state index contributed by atoms with van der Waals surface area (Å²) < 4.78 is 5.69. The molecule has 0 bridgehead atoms. The molecule has 1 unspecified atom stereocenters. The van der Waals surface area contributed by atoms with Gasteiger partial charge < -0.3 is 15.4 Å². The van der Waals surface area contributed by atoms with Crippen LogP contribution in [0.2, 0.25) is 0 Å². The van der Waals surface area contributed by atoms with Crippen molar-refractivity contribution in [1.29, 1.82) is 0 Å². The van der Waals surface area contributed by atoms with E-state index in [0.29, 0.717) is 12.3 Å². The fraction of sp³-hybridized carbons (Fsp3) is 0.333. The molecule has 3 rings (SSSR count). The van der Waals surface area contributed by atoms with Crippen molar-refractivity contribution in [2.45, 2.75) is 19.3 Å². The lowest BCUT2D eigenvalue weighted by atomic mass is 10.0. The number of aromatic nitrogens is 1. The topological polar surface area (TPSA) is 63.2 Å². The molecule has 2 heterocycles. The third-order valence-electron chi connectivity index (χ3n) is 3.97. The van der Waals surface area contributed by atoms with Crippen molar-refractivity contribution in [2.24, 2.45) is 5.92 Å². The molecule has 1 saturated heterocycles. The van der Waals surface area contributed by atoms with E-state index in [1.54, 1.807) is 24.5 Å². The molecule has 1 fully saturated rings. The summed E-state index contributed by atoms with van der Waals surface area (Å²) in [6, 6.07) is 11.0. The summed E-state index contributed by atoms with van der Waals surface area (Å²) in [5.41, 5.74) is 0.793. The zero-order valence-corrected chi connectivity index (χ0v) is 13.0. The molecule has 1 aliphatic rings. The van der Waals surface area contributed by atoms with Gasteiger partial charge in [0, 0.05) is 24.5 Å². The summed E-state index contributed by atoms with van der Waals surface area (Å²) in [4.78, 5) is 15.9. The second-order valence-corrected chi connectivity index (χ2v) is 5.76. The minimum atomic E-state index is 0.0692. The number of nitrogens with zero attached hydrogens (tertiary/aromatic N) is 1. The van der Waals surface area contributed by atoms with Gasteiger partial charge in [-0.05, 0) is 68.2 Å². The molecule has 1 amide bonds. The molecule has 1 aromatic heterocycles. The average molecular weight is 311 g/mol. The van der Waals surface area contributed by atoms with Crippen molar-refractivity contribution < 1.29 is 9.53 Å². The second-order valence-electron chi connectivity index (χ2n) is 5.76. The first kappa shape index (κ1) is 15.5. The predicted molar refractivity (Wildman–Crippen MR) is 89.6 cm³/mol. The Morgan fingerprint density at radius 2 is 1.91 bits per heavy atom. The number of benzene rings is 1. The van der Waals surface area contributed by atoms with E-state index in [0.717, 1.165) is 36.7 Å². The zero-order chi connectivity index (χ0) is 15.9. The summed E-state index contributed by atoms with van der Waals surface area (Å²) in [6.45, 7) is 2.11. The Labute approximate surface area is 136 Å². The van der Waals surface area contributed by atoms with Crippen molar-refractivity contribution in [2.75, 3.05) is 18.4 Å². The smallest absolute Gasteiger partial charge is 0.224 e. The van der Waals surface area contributed by atoms with Crippen LogP contribution >= 0.6 is 0 Å². The molecule has 2 N–H and O–H groups in total. The Balaban J connectivity index is 1.47. The molecule has 0 radical (unpaired) electrons. The van der Waals surface area contributed by atoms with Crippen LogP contribution in [0, 0.1) is 5.92 Å². The molecular formula is C18H21N3O2. The van der Waals surface area contributed by atoms with Crippen molar-refractivity contribution in [3.8, 4) is 11.5 Å². The number of nitrogens with one attached hydrogen (secondary N) is 2. The van der Waals surface area contributed by atoms with Gasteiger partial charge in [-0.15, -0.1) is 0 Å². The lowest BCUT2D eigenvalue weighted by molar-refractivity contribution is -0.116. The number of rotatable bonds is 6. The first-order valence-electron chi connectivity index (χ1n) is 7.98. The first-order valence-corrected chi connectivity index (χ1v) is 7.98. The molecule has 2 aromatic rings. The molecule has 1 aromatic carbocycles. The van der Waals surface area contributed by atoms with Crippen LogP contribution in [0.1, 0.15) is 19.3 Å². The summed E-state index contributed by atoms with van der Waals surface area (Å²) in [5, 5.41) is 6.25. The largest absolute Gasteiger partial charge is 0.457 e. The van der Waals surface area contributed by atoms with Gasteiger partial charge in [0.1, 0.15) is 11.5 Å². The first-order chi connectivity index (χ1) is 11.3. The number of hydrogen-bond donors (Lipinski definition) is 2. The van der Waals surface area contributed by atoms with E-state index in [1.807, 2.05) is 24.3 Å². The normalized spacial score (nSPS) is 17.0. The van der Waals surface area contributed by atoms with Crippen LogP contribution in [0.25, 0.3) is 0 Å². The molecule has 0 spiro atoms. The van der Waals surface area contributed by atoms with Crippen LogP contribution in [0.3, 0.4) is 0 Å². The maximum Gasteiger partial charge on any atom is 0.224 e. The minimum Gasteiger partial charge on any atom is -0.457 e. The van der Waals surface area contributed by atoms with Crippen LogP contribution in [0.5, 0.6) is 11.5 Å². The van der Waals surface area contributed by atoms with Gasteiger partial charge in [-0.25, -0.2) is 0 Å². The van der Waals surface area contributed by atoms with E-state index >= 15 is 0 Å². The van der Waals surface area contributed by atoms with Crippen molar-refractivity contribution in [3.05, 3.63) is 48.8 Å².